The molecule has 0 radical (unpaired) electrons. The van der Waals surface area contributed by atoms with E-state index < -0.39 is 17.7 Å². The summed E-state index contributed by atoms with van der Waals surface area (Å²) in [4.78, 5) is 37.1. The number of carbonyl (C=O) groups is 3. The molecule has 2 aromatic carbocycles. The maximum Gasteiger partial charge on any atom is 0.323 e. The van der Waals surface area contributed by atoms with Gasteiger partial charge in [-0.25, -0.2) is 4.90 Å². The number of nitrogens with zero attached hydrogens (tertiary/aromatic N) is 1. The zero-order valence-electron chi connectivity index (χ0n) is 13.3. The van der Waals surface area contributed by atoms with Crippen LogP contribution in [0.3, 0.4) is 0 Å². The first-order valence-electron chi connectivity index (χ1n) is 7.08. The fourth-order valence-electron chi connectivity index (χ4n) is 2.05. The number of anilines is 3. The number of amides is 3. The van der Waals surface area contributed by atoms with Crippen LogP contribution in [0.4, 0.5) is 17.1 Å². The molecule has 24 heavy (non-hydrogen) atoms. The van der Waals surface area contributed by atoms with Gasteiger partial charge >= 0.3 is 11.8 Å². The van der Waals surface area contributed by atoms with E-state index in [4.69, 9.17) is 10.5 Å². The van der Waals surface area contributed by atoms with Crippen LogP contribution < -0.4 is 20.7 Å². The van der Waals surface area contributed by atoms with Crippen molar-refractivity contribution in [3.05, 3.63) is 48.5 Å². The van der Waals surface area contributed by atoms with Gasteiger partial charge in [0.15, 0.2) is 0 Å². The molecule has 0 spiro atoms. The van der Waals surface area contributed by atoms with E-state index in [1.54, 1.807) is 36.4 Å². The van der Waals surface area contributed by atoms with Crippen LogP contribution in [0, 0.1) is 0 Å². The lowest BCUT2D eigenvalue weighted by atomic mass is 10.2. The summed E-state index contributed by atoms with van der Waals surface area (Å²) in [6.07, 6.45) is 0. The Morgan fingerprint density at radius 2 is 1.75 bits per heavy atom. The first-order valence-corrected chi connectivity index (χ1v) is 7.08. The van der Waals surface area contributed by atoms with Crippen molar-refractivity contribution in [3.8, 4) is 5.75 Å². The van der Waals surface area contributed by atoms with E-state index in [-0.39, 0.29) is 5.69 Å². The molecule has 0 fully saturated rings. The van der Waals surface area contributed by atoms with Gasteiger partial charge in [0, 0.05) is 24.4 Å². The van der Waals surface area contributed by atoms with Crippen LogP contribution in [0.15, 0.2) is 48.5 Å². The maximum atomic E-state index is 12.4. The molecule has 124 valence electrons. The Balaban J connectivity index is 2.21. The normalized spacial score (nSPS) is 9.92. The molecule has 0 atom stereocenters. The fraction of sp³-hybridized carbons (Fsp3) is 0.118. The second-order valence-corrected chi connectivity index (χ2v) is 4.94. The third-order valence-corrected chi connectivity index (χ3v) is 3.19. The first kappa shape index (κ1) is 17.0. The molecule has 7 nitrogen and oxygen atoms in total. The molecule has 0 aliphatic carbocycles. The second kappa shape index (κ2) is 7.28. The Bertz CT molecular complexity index is 772. The lowest BCUT2D eigenvalue weighted by Crippen LogP contribution is -2.42. The average molecular weight is 327 g/mol. The van der Waals surface area contributed by atoms with Gasteiger partial charge in [-0.1, -0.05) is 6.07 Å². The monoisotopic (exact) mass is 327 g/mol. The molecule has 2 rings (SSSR count). The van der Waals surface area contributed by atoms with Gasteiger partial charge in [0.1, 0.15) is 5.75 Å². The Labute approximate surface area is 139 Å². The largest absolute Gasteiger partial charge is 0.497 e. The van der Waals surface area contributed by atoms with Crippen LogP contribution >= 0.6 is 0 Å². The highest BCUT2D eigenvalue weighted by atomic mass is 16.5. The van der Waals surface area contributed by atoms with Gasteiger partial charge in [-0.05, 0) is 36.4 Å². The van der Waals surface area contributed by atoms with Gasteiger partial charge in [0.05, 0.1) is 12.8 Å². The Hall–Kier alpha value is -3.35. The molecule has 0 bridgehead atoms. The molecule has 0 saturated carbocycles. The summed E-state index contributed by atoms with van der Waals surface area (Å²) in [7, 11) is 1.49. The van der Waals surface area contributed by atoms with E-state index in [9.17, 15) is 14.4 Å². The quantitative estimate of drug-likeness (QED) is 0.661. The van der Waals surface area contributed by atoms with Gasteiger partial charge in [-0.3, -0.25) is 14.4 Å². The molecular weight excluding hydrogens is 310 g/mol. The Kier molecular flexibility index (Phi) is 5.16. The number of hydrogen-bond donors (Lipinski definition) is 2. The van der Waals surface area contributed by atoms with Crippen LogP contribution in [0.25, 0.3) is 0 Å². The zero-order chi connectivity index (χ0) is 17.7. The predicted octanol–water partition coefficient (Wildman–Crippen LogP) is 1.80. The highest BCUT2D eigenvalue weighted by Crippen LogP contribution is 2.19. The van der Waals surface area contributed by atoms with Crippen LogP contribution in [-0.2, 0) is 14.4 Å². The van der Waals surface area contributed by atoms with E-state index in [0.29, 0.717) is 17.1 Å². The summed E-state index contributed by atoms with van der Waals surface area (Å²) in [5.41, 5.74) is 6.72. The molecule has 0 aliphatic rings. The summed E-state index contributed by atoms with van der Waals surface area (Å²) in [6.45, 7) is 1.20. The Morgan fingerprint density at radius 3 is 2.33 bits per heavy atom. The van der Waals surface area contributed by atoms with E-state index in [1.807, 2.05) is 0 Å². The number of imide groups is 1. The smallest absolute Gasteiger partial charge is 0.323 e. The zero-order valence-corrected chi connectivity index (χ0v) is 13.3. The lowest BCUT2D eigenvalue weighted by molar-refractivity contribution is -0.136. The minimum Gasteiger partial charge on any atom is -0.497 e. The second-order valence-electron chi connectivity index (χ2n) is 4.94. The minimum absolute atomic E-state index is 0.266. The highest BCUT2D eigenvalue weighted by Gasteiger charge is 2.26. The van der Waals surface area contributed by atoms with Gasteiger partial charge in [0.25, 0.3) is 0 Å². The Morgan fingerprint density at radius 1 is 1.08 bits per heavy atom. The molecule has 3 N–H and O–H groups in total. The molecule has 3 amide bonds. The number of ether oxygens (including phenoxy) is 1. The molecule has 7 heteroatoms. The number of benzene rings is 2. The summed E-state index contributed by atoms with van der Waals surface area (Å²) < 4.78 is 5.05. The number of rotatable bonds is 3. The van der Waals surface area contributed by atoms with Crippen molar-refractivity contribution in [2.24, 2.45) is 0 Å². The van der Waals surface area contributed by atoms with Gasteiger partial charge < -0.3 is 15.8 Å². The molecule has 0 aliphatic heterocycles. The van der Waals surface area contributed by atoms with Gasteiger partial charge in [-0.2, -0.15) is 0 Å². The van der Waals surface area contributed by atoms with Crippen molar-refractivity contribution in [1.82, 2.24) is 0 Å². The third kappa shape index (κ3) is 3.89. The SMILES string of the molecule is COc1cccc(NC(=O)C(=O)N(C(C)=O)c2ccc(N)cc2)c1. The minimum atomic E-state index is -0.991. The molecular formula is C17H17N3O4. The van der Waals surface area contributed by atoms with Crippen molar-refractivity contribution >= 4 is 34.8 Å². The first-order chi connectivity index (χ1) is 11.4. The summed E-state index contributed by atoms with van der Waals surface area (Å²) in [5, 5.41) is 2.45. The maximum absolute atomic E-state index is 12.4. The van der Waals surface area contributed by atoms with Crippen molar-refractivity contribution < 1.29 is 19.1 Å². The van der Waals surface area contributed by atoms with Crippen molar-refractivity contribution in [2.75, 3.05) is 23.1 Å². The van der Waals surface area contributed by atoms with Crippen molar-refractivity contribution in [1.29, 1.82) is 0 Å². The van der Waals surface area contributed by atoms with Crippen LogP contribution in [0.1, 0.15) is 6.92 Å². The summed E-state index contributed by atoms with van der Waals surface area (Å²) in [5.74, 6) is -1.97. The summed E-state index contributed by atoms with van der Waals surface area (Å²) in [6, 6.07) is 12.6. The van der Waals surface area contributed by atoms with E-state index >= 15 is 0 Å². The number of nitrogen functional groups attached to an aromatic ring is 1. The highest BCUT2D eigenvalue weighted by molar-refractivity contribution is 6.48. The van der Waals surface area contributed by atoms with Gasteiger partial charge in [-0.15, -0.1) is 0 Å². The van der Waals surface area contributed by atoms with Crippen LogP contribution in [0.5, 0.6) is 5.75 Å². The number of carbonyl (C=O) groups excluding carboxylic acids is 3. The molecule has 2 aromatic rings. The summed E-state index contributed by atoms with van der Waals surface area (Å²) >= 11 is 0. The average Bonchev–Trinajstić information content (AvgIpc) is 2.56. The van der Waals surface area contributed by atoms with Crippen LogP contribution in [0.2, 0.25) is 0 Å². The van der Waals surface area contributed by atoms with E-state index in [2.05, 4.69) is 5.32 Å². The molecule has 0 unspecified atom stereocenters. The lowest BCUT2D eigenvalue weighted by Gasteiger charge is -2.18. The van der Waals surface area contributed by atoms with Gasteiger partial charge in [0.2, 0.25) is 5.91 Å². The number of hydrogen-bond acceptors (Lipinski definition) is 5. The predicted molar refractivity (Wildman–Crippen MR) is 90.6 cm³/mol. The van der Waals surface area contributed by atoms with E-state index in [1.165, 1.54) is 26.2 Å². The molecule has 0 saturated heterocycles. The van der Waals surface area contributed by atoms with Crippen molar-refractivity contribution in [3.63, 3.8) is 0 Å². The van der Waals surface area contributed by atoms with Crippen molar-refractivity contribution in [2.45, 2.75) is 6.92 Å². The van der Waals surface area contributed by atoms with E-state index in [0.717, 1.165) is 4.90 Å². The molecule has 0 aromatic heterocycles. The standard InChI is InChI=1S/C17H17N3O4/c1-11(21)20(14-8-6-12(18)7-9-14)17(23)16(22)19-13-4-3-5-15(10-13)24-2/h3-10H,18H2,1-2H3,(H,19,22). The third-order valence-electron chi connectivity index (χ3n) is 3.19. The number of methoxy groups -OCH3 is 1. The molecule has 0 heterocycles. The topological polar surface area (TPSA) is 102 Å². The van der Waals surface area contributed by atoms with Crippen LogP contribution in [-0.4, -0.2) is 24.8 Å². The fourth-order valence-corrected chi connectivity index (χ4v) is 2.05. The number of nitrogens with two attached hydrogens (primary N) is 1. The number of nitrogens with one attached hydrogen (secondary N) is 1.